The van der Waals surface area contributed by atoms with Gasteiger partial charge in [-0.05, 0) is 18.9 Å². The zero-order valence-electron chi connectivity index (χ0n) is 13.5. The zero-order chi connectivity index (χ0) is 16.5. The molecule has 0 saturated carbocycles. The minimum atomic E-state index is -0.0558. The zero-order valence-corrected chi connectivity index (χ0v) is 13.5. The normalized spacial score (nSPS) is 22.2. The van der Waals surface area contributed by atoms with E-state index in [1.54, 1.807) is 0 Å². The number of rotatable bonds is 2. The molecule has 2 aliphatic rings. The third-order valence-electron chi connectivity index (χ3n) is 4.92. The molecular formula is C17H21N5O2. The van der Waals surface area contributed by atoms with Crippen LogP contribution in [0.25, 0.3) is 10.9 Å². The molecule has 126 valence electrons. The Kier molecular flexibility index (Phi) is 3.93. The van der Waals surface area contributed by atoms with E-state index in [1.807, 2.05) is 34.1 Å². The van der Waals surface area contributed by atoms with Crippen molar-refractivity contribution in [3.05, 3.63) is 30.0 Å². The molecule has 0 bridgehead atoms. The Morgan fingerprint density at radius 3 is 3.00 bits per heavy atom. The summed E-state index contributed by atoms with van der Waals surface area (Å²) in [4.78, 5) is 28.8. The van der Waals surface area contributed by atoms with Crippen LogP contribution in [0.4, 0.5) is 0 Å². The molecule has 2 saturated heterocycles. The fourth-order valence-corrected chi connectivity index (χ4v) is 3.68. The number of amides is 2. The van der Waals surface area contributed by atoms with Crippen molar-refractivity contribution in [2.24, 2.45) is 0 Å². The number of likely N-dealkylation sites (tertiary alicyclic amines) is 1. The van der Waals surface area contributed by atoms with E-state index in [2.05, 4.69) is 15.5 Å². The van der Waals surface area contributed by atoms with E-state index in [0.717, 1.165) is 43.4 Å². The predicted octanol–water partition coefficient (Wildman–Crippen LogP) is 0.599. The number of nitrogens with one attached hydrogen (secondary N) is 2. The first-order valence-corrected chi connectivity index (χ1v) is 8.46. The van der Waals surface area contributed by atoms with Crippen molar-refractivity contribution in [2.75, 3.05) is 32.7 Å². The molecule has 1 aromatic carbocycles. The van der Waals surface area contributed by atoms with Gasteiger partial charge in [-0.1, -0.05) is 18.2 Å². The average Bonchev–Trinajstić information content (AvgIpc) is 3.06. The van der Waals surface area contributed by atoms with Crippen LogP contribution in [0, 0.1) is 0 Å². The molecule has 24 heavy (non-hydrogen) atoms. The number of carbonyl (C=O) groups is 2. The maximum Gasteiger partial charge on any atom is 0.275 e. The molecule has 2 aromatic rings. The summed E-state index contributed by atoms with van der Waals surface area (Å²) >= 11 is 0. The van der Waals surface area contributed by atoms with E-state index in [1.165, 1.54) is 0 Å². The minimum absolute atomic E-state index is 0.0558. The maximum atomic E-state index is 12.9. The van der Waals surface area contributed by atoms with Crippen LogP contribution in [-0.2, 0) is 4.79 Å². The molecule has 2 amide bonds. The smallest absolute Gasteiger partial charge is 0.275 e. The number of aromatic amines is 1. The van der Waals surface area contributed by atoms with Crippen LogP contribution in [0.15, 0.2) is 24.3 Å². The monoisotopic (exact) mass is 327 g/mol. The lowest BCUT2D eigenvalue weighted by atomic mass is 10.0. The molecule has 7 nitrogen and oxygen atoms in total. The van der Waals surface area contributed by atoms with E-state index in [9.17, 15) is 9.59 Å². The molecule has 7 heteroatoms. The van der Waals surface area contributed by atoms with Crippen molar-refractivity contribution in [3.8, 4) is 0 Å². The second-order valence-electron chi connectivity index (χ2n) is 6.43. The van der Waals surface area contributed by atoms with Gasteiger partial charge in [0, 0.05) is 37.6 Å². The average molecular weight is 327 g/mol. The number of aromatic nitrogens is 2. The second-order valence-corrected chi connectivity index (χ2v) is 6.43. The first kappa shape index (κ1) is 15.1. The molecule has 2 N–H and O–H groups in total. The van der Waals surface area contributed by atoms with E-state index < -0.39 is 0 Å². The summed E-state index contributed by atoms with van der Waals surface area (Å²) in [5.74, 6) is 0.0745. The van der Waals surface area contributed by atoms with Gasteiger partial charge in [0.2, 0.25) is 5.91 Å². The second kappa shape index (κ2) is 6.24. The Labute approximate surface area is 140 Å². The number of para-hydroxylation sites is 1. The van der Waals surface area contributed by atoms with Crippen LogP contribution >= 0.6 is 0 Å². The van der Waals surface area contributed by atoms with Gasteiger partial charge in [0.05, 0.1) is 12.1 Å². The van der Waals surface area contributed by atoms with Crippen LogP contribution in [0.3, 0.4) is 0 Å². The van der Waals surface area contributed by atoms with Crippen molar-refractivity contribution < 1.29 is 9.59 Å². The van der Waals surface area contributed by atoms with Crippen LogP contribution in [0.1, 0.15) is 23.3 Å². The van der Waals surface area contributed by atoms with E-state index in [0.29, 0.717) is 18.8 Å². The van der Waals surface area contributed by atoms with Gasteiger partial charge >= 0.3 is 0 Å². The molecular weight excluding hydrogens is 306 g/mol. The highest BCUT2D eigenvalue weighted by Crippen LogP contribution is 2.21. The first-order chi connectivity index (χ1) is 11.7. The SMILES string of the molecule is O=C(c1n[nH]c2ccccc12)N1CCCC(N2CCNCC2=O)C1. The number of piperazine rings is 1. The highest BCUT2D eigenvalue weighted by Gasteiger charge is 2.32. The molecule has 1 atom stereocenters. The van der Waals surface area contributed by atoms with Gasteiger partial charge in [-0.25, -0.2) is 0 Å². The third kappa shape index (κ3) is 2.65. The van der Waals surface area contributed by atoms with Crippen LogP contribution < -0.4 is 5.32 Å². The number of fused-ring (bicyclic) bond motifs is 1. The van der Waals surface area contributed by atoms with Crippen molar-refractivity contribution in [2.45, 2.75) is 18.9 Å². The van der Waals surface area contributed by atoms with E-state index >= 15 is 0 Å². The summed E-state index contributed by atoms with van der Waals surface area (Å²) in [7, 11) is 0. The number of H-pyrrole nitrogens is 1. The predicted molar refractivity (Wildman–Crippen MR) is 89.6 cm³/mol. The number of hydrogen-bond acceptors (Lipinski definition) is 4. The van der Waals surface area contributed by atoms with E-state index in [-0.39, 0.29) is 17.9 Å². The van der Waals surface area contributed by atoms with Gasteiger partial charge in [0.15, 0.2) is 5.69 Å². The van der Waals surface area contributed by atoms with Gasteiger partial charge < -0.3 is 15.1 Å². The van der Waals surface area contributed by atoms with Gasteiger partial charge in [-0.3, -0.25) is 14.7 Å². The summed E-state index contributed by atoms with van der Waals surface area (Å²) in [5, 5.41) is 11.1. The third-order valence-corrected chi connectivity index (χ3v) is 4.92. The van der Waals surface area contributed by atoms with Crippen molar-refractivity contribution in [1.82, 2.24) is 25.3 Å². The summed E-state index contributed by atoms with van der Waals surface area (Å²) in [5.41, 5.74) is 1.34. The number of piperidine rings is 1. The first-order valence-electron chi connectivity index (χ1n) is 8.46. The topological polar surface area (TPSA) is 81.3 Å². The van der Waals surface area contributed by atoms with Crippen LogP contribution in [0.2, 0.25) is 0 Å². The van der Waals surface area contributed by atoms with Gasteiger partial charge in [-0.2, -0.15) is 5.10 Å². The molecule has 2 aliphatic heterocycles. The number of nitrogens with zero attached hydrogens (tertiary/aromatic N) is 3. The molecule has 0 aliphatic carbocycles. The Morgan fingerprint density at radius 1 is 1.25 bits per heavy atom. The largest absolute Gasteiger partial charge is 0.336 e. The summed E-state index contributed by atoms with van der Waals surface area (Å²) in [6.45, 7) is 3.24. The van der Waals surface area contributed by atoms with Crippen LogP contribution in [0.5, 0.6) is 0 Å². The lowest BCUT2D eigenvalue weighted by Crippen LogP contribution is -2.57. The molecule has 3 heterocycles. The maximum absolute atomic E-state index is 12.9. The van der Waals surface area contributed by atoms with Crippen molar-refractivity contribution in [1.29, 1.82) is 0 Å². The van der Waals surface area contributed by atoms with E-state index in [4.69, 9.17) is 0 Å². The molecule has 4 rings (SSSR count). The molecule has 0 spiro atoms. The van der Waals surface area contributed by atoms with Gasteiger partial charge in [-0.15, -0.1) is 0 Å². The Hall–Kier alpha value is -2.41. The molecule has 1 unspecified atom stereocenters. The quantitative estimate of drug-likeness (QED) is 0.846. The molecule has 2 fully saturated rings. The van der Waals surface area contributed by atoms with Gasteiger partial charge in [0.25, 0.3) is 5.91 Å². The van der Waals surface area contributed by atoms with Crippen LogP contribution in [-0.4, -0.2) is 70.6 Å². The summed E-state index contributed by atoms with van der Waals surface area (Å²) in [6.07, 6.45) is 1.87. The number of hydrogen-bond donors (Lipinski definition) is 2. The standard InChI is InChI=1S/C17H21N5O2/c23-15-10-18-7-9-22(15)12-4-3-8-21(11-12)17(24)16-13-5-1-2-6-14(13)19-20-16/h1-2,5-6,12,18H,3-4,7-11H2,(H,19,20). The molecule has 1 aromatic heterocycles. The summed E-state index contributed by atoms with van der Waals surface area (Å²) < 4.78 is 0. The highest BCUT2D eigenvalue weighted by molar-refractivity contribution is 6.04. The van der Waals surface area contributed by atoms with Crippen molar-refractivity contribution >= 4 is 22.7 Å². The lowest BCUT2D eigenvalue weighted by Gasteiger charge is -2.41. The Morgan fingerprint density at radius 2 is 2.12 bits per heavy atom. The fraction of sp³-hybridized carbons (Fsp3) is 0.471. The van der Waals surface area contributed by atoms with Gasteiger partial charge in [0.1, 0.15) is 0 Å². The number of carbonyl (C=O) groups excluding carboxylic acids is 2. The fourth-order valence-electron chi connectivity index (χ4n) is 3.68. The molecule has 0 radical (unpaired) electrons. The Balaban J connectivity index is 1.53. The van der Waals surface area contributed by atoms with Crippen molar-refractivity contribution in [3.63, 3.8) is 0 Å². The Bertz CT molecular complexity index is 771. The minimum Gasteiger partial charge on any atom is -0.336 e. The summed E-state index contributed by atoms with van der Waals surface area (Å²) in [6, 6.07) is 7.77. The number of benzene rings is 1. The lowest BCUT2D eigenvalue weighted by molar-refractivity contribution is -0.135. The highest BCUT2D eigenvalue weighted by atomic mass is 16.2.